The van der Waals surface area contributed by atoms with Crippen LogP contribution in [0.2, 0.25) is 0 Å². The van der Waals surface area contributed by atoms with E-state index in [1.54, 1.807) is 6.92 Å². The molecule has 1 aromatic rings. The van der Waals surface area contributed by atoms with E-state index >= 15 is 0 Å². The highest BCUT2D eigenvalue weighted by atomic mass is 32.2. The van der Waals surface area contributed by atoms with Gasteiger partial charge in [0.2, 0.25) is 0 Å². The summed E-state index contributed by atoms with van der Waals surface area (Å²) in [4.78, 5) is 11.7. The highest BCUT2D eigenvalue weighted by Crippen LogP contribution is 2.34. The Morgan fingerprint density at radius 2 is 2.13 bits per heavy atom. The number of esters is 1. The number of ether oxygens (including phenoxy) is 2. The van der Waals surface area contributed by atoms with Gasteiger partial charge in [0.15, 0.2) is 0 Å². The zero-order valence-corrected chi connectivity index (χ0v) is 14.6. The van der Waals surface area contributed by atoms with Crippen LogP contribution in [0.5, 0.6) is 0 Å². The average Bonchev–Trinajstić information content (AvgIpc) is 2.42. The molecule has 0 aromatic heterocycles. The molecule has 1 heterocycles. The molecule has 0 bridgehead atoms. The molecule has 23 heavy (non-hydrogen) atoms. The molecule has 0 aliphatic carbocycles. The molecule has 7 heteroatoms. The lowest BCUT2D eigenvalue weighted by atomic mass is 9.88. The predicted molar refractivity (Wildman–Crippen MR) is 85.9 cm³/mol. The van der Waals surface area contributed by atoms with Gasteiger partial charge in [-0.3, -0.25) is 0 Å². The first-order valence-electron chi connectivity index (χ1n) is 7.44. The van der Waals surface area contributed by atoms with Crippen molar-refractivity contribution in [1.29, 1.82) is 0 Å². The largest absolute Gasteiger partial charge is 0.598 e. The van der Waals surface area contributed by atoms with Crippen LogP contribution in [0, 0.1) is 5.82 Å². The Hall–Kier alpha value is -1.15. The fraction of sp³-hybridized carbons (Fsp3) is 0.562. The number of benzene rings is 1. The third-order valence-electron chi connectivity index (χ3n) is 3.54. The minimum absolute atomic E-state index is 0.153. The maximum Gasteiger partial charge on any atom is 0.338 e. The molecule has 1 aromatic carbocycles. The third kappa shape index (κ3) is 3.85. The molecule has 1 saturated heterocycles. The maximum absolute atomic E-state index is 14.5. The second-order valence-corrected chi connectivity index (χ2v) is 8.44. The Kier molecular flexibility index (Phi) is 5.35. The van der Waals surface area contributed by atoms with E-state index in [1.807, 2.05) is 20.8 Å². The van der Waals surface area contributed by atoms with Gasteiger partial charge in [0.1, 0.15) is 16.1 Å². The van der Waals surface area contributed by atoms with E-state index in [-0.39, 0.29) is 25.4 Å². The summed E-state index contributed by atoms with van der Waals surface area (Å²) in [5, 5.41) is 0. The van der Waals surface area contributed by atoms with Crippen LogP contribution in [0.15, 0.2) is 18.2 Å². The van der Waals surface area contributed by atoms with Gasteiger partial charge in [-0.2, -0.15) is 0 Å². The van der Waals surface area contributed by atoms with E-state index in [4.69, 9.17) is 9.47 Å². The minimum atomic E-state index is -1.37. The van der Waals surface area contributed by atoms with Crippen molar-refractivity contribution in [3.05, 3.63) is 35.1 Å². The van der Waals surface area contributed by atoms with E-state index < -0.39 is 33.4 Å². The van der Waals surface area contributed by atoms with Gasteiger partial charge in [-0.25, -0.2) is 9.18 Å². The molecule has 0 saturated carbocycles. The number of rotatable bonds is 5. The normalized spacial score (nSPS) is 18.2. The molecule has 1 aliphatic heterocycles. The highest BCUT2D eigenvalue weighted by Gasteiger charge is 2.48. The zero-order chi connectivity index (χ0) is 17.3. The summed E-state index contributed by atoms with van der Waals surface area (Å²) in [6, 6.07) is 4.18. The molecule has 1 atom stereocenters. The summed E-state index contributed by atoms with van der Waals surface area (Å²) in [5.41, 5.74) is -0.343. The molecule has 0 unspecified atom stereocenters. The number of hydrogen-bond donors (Lipinski definition) is 1. The fourth-order valence-corrected chi connectivity index (χ4v) is 3.04. The topological polar surface area (TPSA) is 70.6 Å². The van der Waals surface area contributed by atoms with Gasteiger partial charge in [-0.15, -0.1) is 4.72 Å². The average molecular weight is 343 g/mol. The molecule has 2 rings (SSSR count). The zero-order valence-electron chi connectivity index (χ0n) is 13.8. The number of halogens is 1. The number of nitrogens with one attached hydrogen (secondary N) is 1. The Morgan fingerprint density at radius 3 is 2.57 bits per heavy atom. The van der Waals surface area contributed by atoms with E-state index in [0.717, 1.165) is 6.07 Å². The molecule has 0 spiro atoms. The lowest BCUT2D eigenvalue weighted by Gasteiger charge is -2.43. The van der Waals surface area contributed by atoms with Crippen LogP contribution >= 0.6 is 0 Å². The van der Waals surface area contributed by atoms with Crippen LogP contribution in [-0.4, -0.2) is 35.1 Å². The van der Waals surface area contributed by atoms with Crippen LogP contribution < -0.4 is 4.72 Å². The van der Waals surface area contributed by atoms with Crippen molar-refractivity contribution in [2.75, 3.05) is 19.8 Å². The van der Waals surface area contributed by atoms with Crippen LogP contribution in [-0.2, 0) is 26.4 Å². The van der Waals surface area contributed by atoms with Crippen molar-refractivity contribution in [3.8, 4) is 0 Å². The summed E-state index contributed by atoms with van der Waals surface area (Å²) >= 11 is -1.37. The van der Waals surface area contributed by atoms with E-state index in [0.29, 0.717) is 5.56 Å². The summed E-state index contributed by atoms with van der Waals surface area (Å²) in [7, 11) is 0. The smallest absolute Gasteiger partial charge is 0.338 e. The van der Waals surface area contributed by atoms with Gasteiger partial charge < -0.3 is 14.0 Å². The van der Waals surface area contributed by atoms with E-state index in [9.17, 15) is 13.7 Å². The number of carbonyl (C=O) groups is 1. The molecule has 0 amide bonds. The molecule has 0 radical (unpaired) electrons. The van der Waals surface area contributed by atoms with Crippen molar-refractivity contribution in [2.45, 2.75) is 38.0 Å². The van der Waals surface area contributed by atoms with Gasteiger partial charge in [-0.1, -0.05) is 6.07 Å². The molecular weight excluding hydrogens is 321 g/mol. The van der Waals surface area contributed by atoms with Crippen LogP contribution in [0.1, 0.15) is 43.6 Å². The van der Waals surface area contributed by atoms with Gasteiger partial charge >= 0.3 is 5.97 Å². The lowest BCUT2D eigenvalue weighted by Crippen LogP contribution is -2.62. The van der Waals surface area contributed by atoms with Crippen molar-refractivity contribution in [3.63, 3.8) is 0 Å². The number of carbonyl (C=O) groups excluding carboxylic acids is 1. The fourth-order valence-electron chi connectivity index (χ4n) is 2.15. The first kappa shape index (κ1) is 18.2. The summed E-state index contributed by atoms with van der Waals surface area (Å²) in [5.74, 6) is -1.11. The second-order valence-electron chi connectivity index (χ2n) is 6.47. The molecule has 1 fully saturated rings. The first-order valence-corrected chi connectivity index (χ1v) is 8.59. The van der Waals surface area contributed by atoms with Gasteiger partial charge in [0.25, 0.3) is 0 Å². The van der Waals surface area contributed by atoms with Gasteiger partial charge in [0.05, 0.1) is 25.4 Å². The van der Waals surface area contributed by atoms with Crippen molar-refractivity contribution >= 4 is 17.3 Å². The molecule has 1 aliphatic rings. The standard InChI is InChI=1S/C16H22FNO4S/c1-5-22-14(19)11-6-7-12(13(17)8-11)16(9-21-10-16)18-23(20)15(2,3)4/h6-8,18H,5,9-10H2,1-4H3/t23-/m1/s1. The Labute approximate surface area is 138 Å². The molecule has 1 N–H and O–H groups in total. The Bertz CT molecular complexity index is 584. The summed E-state index contributed by atoms with van der Waals surface area (Å²) in [6.45, 7) is 7.88. The van der Waals surface area contributed by atoms with Crippen LogP contribution in [0.25, 0.3) is 0 Å². The molecular formula is C16H22FNO4S. The van der Waals surface area contributed by atoms with Crippen molar-refractivity contribution in [1.82, 2.24) is 4.72 Å². The minimum Gasteiger partial charge on any atom is -0.598 e. The van der Waals surface area contributed by atoms with Gasteiger partial charge in [-0.05, 0) is 39.8 Å². The monoisotopic (exact) mass is 343 g/mol. The lowest BCUT2D eigenvalue weighted by molar-refractivity contribution is -0.0682. The van der Waals surface area contributed by atoms with E-state index in [2.05, 4.69) is 4.72 Å². The SMILES string of the molecule is CCOC(=O)c1ccc(C2(N[S@+]([O-])C(C)(C)C)COC2)c(F)c1. The predicted octanol–water partition coefficient (Wildman–Crippen LogP) is 2.28. The molecule has 5 nitrogen and oxygen atoms in total. The second kappa shape index (κ2) is 6.76. The van der Waals surface area contributed by atoms with Crippen molar-refractivity contribution in [2.24, 2.45) is 0 Å². The highest BCUT2D eigenvalue weighted by molar-refractivity contribution is 7.90. The quantitative estimate of drug-likeness (QED) is 0.656. The number of hydrogen-bond acceptors (Lipinski definition) is 5. The van der Waals surface area contributed by atoms with Crippen LogP contribution in [0.4, 0.5) is 4.39 Å². The van der Waals surface area contributed by atoms with Crippen molar-refractivity contribution < 1.29 is 23.2 Å². The summed E-state index contributed by atoms with van der Waals surface area (Å²) < 4.78 is 39.5. The first-order chi connectivity index (χ1) is 10.7. The third-order valence-corrected chi connectivity index (χ3v) is 5.23. The van der Waals surface area contributed by atoms with Crippen LogP contribution in [0.3, 0.4) is 0 Å². The Morgan fingerprint density at radius 1 is 1.48 bits per heavy atom. The van der Waals surface area contributed by atoms with E-state index in [1.165, 1.54) is 12.1 Å². The molecule has 128 valence electrons. The van der Waals surface area contributed by atoms with Gasteiger partial charge in [0, 0.05) is 16.9 Å². The maximum atomic E-state index is 14.5. The summed E-state index contributed by atoms with van der Waals surface area (Å²) in [6.07, 6.45) is 0. The Balaban J connectivity index is 2.26.